The number of benzene rings is 3. The molecule has 114 valence electrons. The van der Waals surface area contributed by atoms with Crippen molar-refractivity contribution in [1.29, 1.82) is 0 Å². The first kappa shape index (κ1) is 12.9. The van der Waals surface area contributed by atoms with Gasteiger partial charge in [-0.2, -0.15) is 0 Å². The molecule has 5 heteroatoms. The van der Waals surface area contributed by atoms with E-state index in [2.05, 4.69) is 20.6 Å². The number of para-hydroxylation sites is 4. The molecule has 0 aliphatic carbocycles. The van der Waals surface area contributed by atoms with E-state index in [1.165, 1.54) is 0 Å². The average Bonchev–Trinajstić information content (AvgIpc) is 3.11. The average molecular weight is 366 g/mol. The first-order chi connectivity index (χ1) is 11.3. The van der Waals surface area contributed by atoms with Crippen LogP contribution in [0.1, 0.15) is 0 Å². The fourth-order valence-corrected chi connectivity index (χ4v) is 11.1. The van der Waals surface area contributed by atoms with Gasteiger partial charge in [-0.1, -0.05) is 0 Å². The zero-order valence-corrected chi connectivity index (χ0v) is 14.1. The second-order valence-corrected chi connectivity index (χ2v) is 12.5. The standard InChI is InChI=1S/C18H15AsN2O2/c1-2-8-14(9-3-1)19(20-15-10-4-6-12-17(15)22-19)21-16-11-5-7-13-18(16)23-19/h1-13,20-21H. The fourth-order valence-electron chi connectivity index (χ4n) is 3.16. The van der Waals surface area contributed by atoms with Crippen molar-refractivity contribution < 1.29 is 7.45 Å². The molecule has 3 aromatic rings. The van der Waals surface area contributed by atoms with Crippen molar-refractivity contribution in [2.24, 2.45) is 0 Å². The number of fused-ring (bicyclic) bond motifs is 2. The molecule has 4 nitrogen and oxygen atoms in total. The Balaban J connectivity index is 1.75. The molecule has 2 N–H and O–H groups in total. The molecular formula is C18H15AsN2O2. The van der Waals surface area contributed by atoms with Gasteiger partial charge in [-0.3, -0.25) is 0 Å². The molecule has 0 radical (unpaired) electrons. The van der Waals surface area contributed by atoms with E-state index >= 15 is 0 Å². The van der Waals surface area contributed by atoms with Crippen LogP contribution in [0.2, 0.25) is 0 Å². The summed E-state index contributed by atoms with van der Waals surface area (Å²) in [5, 5.41) is 0. The third-order valence-corrected chi connectivity index (χ3v) is 11.8. The van der Waals surface area contributed by atoms with Crippen LogP contribution in [0.4, 0.5) is 11.4 Å². The molecule has 0 fully saturated rings. The molecular weight excluding hydrogens is 351 g/mol. The molecule has 0 amide bonds. The molecule has 0 bridgehead atoms. The van der Waals surface area contributed by atoms with E-state index in [1.807, 2.05) is 66.7 Å². The zero-order valence-electron chi connectivity index (χ0n) is 12.3. The molecule has 0 unspecified atom stereocenters. The van der Waals surface area contributed by atoms with E-state index in [4.69, 9.17) is 7.45 Å². The number of hydrogen-bond acceptors (Lipinski definition) is 4. The monoisotopic (exact) mass is 366 g/mol. The van der Waals surface area contributed by atoms with Gasteiger partial charge in [-0.05, 0) is 0 Å². The van der Waals surface area contributed by atoms with Crippen LogP contribution < -0.4 is 20.3 Å². The Morgan fingerprint density at radius 1 is 0.565 bits per heavy atom. The Kier molecular flexibility index (Phi) is 2.38. The fraction of sp³-hybridized carbons (Fsp3) is 0. The predicted octanol–water partition coefficient (Wildman–Crippen LogP) is 3.29. The zero-order chi connectivity index (χ0) is 15.4. The Labute approximate surface area is 135 Å². The topological polar surface area (TPSA) is 42.5 Å². The normalized spacial score (nSPS) is 19.9. The number of hydrogen-bond donors (Lipinski definition) is 2. The molecule has 1 spiro atoms. The molecule has 0 atom stereocenters. The Bertz CT molecular complexity index is 801. The van der Waals surface area contributed by atoms with Gasteiger partial charge in [0, 0.05) is 0 Å². The van der Waals surface area contributed by atoms with Crippen LogP contribution in [0.25, 0.3) is 0 Å². The minimum absolute atomic E-state index is 0.822. The van der Waals surface area contributed by atoms with Crippen LogP contribution in [-0.2, 0) is 0 Å². The van der Waals surface area contributed by atoms with Crippen molar-refractivity contribution in [3.05, 3.63) is 78.9 Å². The van der Waals surface area contributed by atoms with Gasteiger partial charge in [0.05, 0.1) is 0 Å². The van der Waals surface area contributed by atoms with Crippen LogP contribution in [-0.4, -0.2) is 13.6 Å². The SMILES string of the molecule is c1ccc([As]23(Nc4ccccc4O2)Nc2ccccc2O3)cc1. The minimum atomic E-state index is -4.18. The van der Waals surface area contributed by atoms with Gasteiger partial charge >= 0.3 is 136 Å². The first-order valence-corrected chi connectivity index (χ1v) is 11.9. The Morgan fingerprint density at radius 3 is 1.57 bits per heavy atom. The quantitative estimate of drug-likeness (QED) is 0.649. The van der Waals surface area contributed by atoms with Crippen LogP contribution >= 0.6 is 0 Å². The van der Waals surface area contributed by atoms with Crippen molar-refractivity contribution >= 4 is 29.3 Å². The summed E-state index contributed by atoms with van der Waals surface area (Å²) in [6, 6.07) is 26.1. The molecule has 0 saturated heterocycles. The maximum absolute atomic E-state index is 6.55. The molecule has 0 saturated carbocycles. The van der Waals surface area contributed by atoms with Gasteiger partial charge in [0.2, 0.25) is 0 Å². The Morgan fingerprint density at radius 2 is 1.04 bits per heavy atom. The summed E-state index contributed by atoms with van der Waals surface area (Å²) in [4.78, 5) is 0. The summed E-state index contributed by atoms with van der Waals surface area (Å²) in [6.07, 6.45) is 0. The van der Waals surface area contributed by atoms with E-state index < -0.39 is 13.6 Å². The number of anilines is 2. The van der Waals surface area contributed by atoms with Gasteiger partial charge in [0.25, 0.3) is 0 Å². The summed E-state index contributed by atoms with van der Waals surface area (Å²) < 4.78 is 21.3. The van der Waals surface area contributed by atoms with Crippen LogP contribution in [0.5, 0.6) is 11.5 Å². The molecule has 5 rings (SSSR count). The summed E-state index contributed by atoms with van der Waals surface area (Å²) in [5.74, 6) is 1.64. The van der Waals surface area contributed by atoms with Gasteiger partial charge in [0.1, 0.15) is 0 Å². The van der Waals surface area contributed by atoms with Gasteiger partial charge in [0.15, 0.2) is 0 Å². The van der Waals surface area contributed by atoms with Crippen molar-refractivity contribution in [3.8, 4) is 11.5 Å². The second kappa shape index (κ2) is 4.24. The van der Waals surface area contributed by atoms with E-state index in [0.717, 1.165) is 27.2 Å². The second-order valence-electron chi connectivity index (χ2n) is 5.69. The van der Waals surface area contributed by atoms with Crippen molar-refractivity contribution in [1.82, 2.24) is 0 Å². The molecule has 2 aliphatic heterocycles. The van der Waals surface area contributed by atoms with Crippen LogP contribution in [0.15, 0.2) is 78.9 Å². The molecule has 3 aromatic carbocycles. The van der Waals surface area contributed by atoms with E-state index in [1.54, 1.807) is 0 Å². The Hall–Kier alpha value is -2.58. The molecule has 2 aliphatic rings. The van der Waals surface area contributed by atoms with E-state index in [9.17, 15) is 0 Å². The molecule has 23 heavy (non-hydrogen) atoms. The van der Waals surface area contributed by atoms with Gasteiger partial charge < -0.3 is 0 Å². The summed E-state index contributed by atoms with van der Waals surface area (Å²) in [5.41, 5.74) is 1.92. The van der Waals surface area contributed by atoms with E-state index in [-0.39, 0.29) is 0 Å². The first-order valence-electron chi connectivity index (χ1n) is 7.51. The van der Waals surface area contributed by atoms with Gasteiger partial charge in [-0.25, -0.2) is 0 Å². The summed E-state index contributed by atoms with van der Waals surface area (Å²) in [6.45, 7) is 0. The van der Waals surface area contributed by atoms with Crippen molar-refractivity contribution in [3.63, 3.8) is 0 Å². The van der Waals surface area contributed by atoms with E-state index in [0.29, 0.717) is 0 Å². The predicted molar refractivity (Wildman–Crippen MR) is 93.2 cm³/mol. The number of rotatable bonds is 1. The van der Waals surface area contributed by atoms with Gasteiger partial charge in [-0.15, -0.1) is 0 Å². The summed E-state index contributed by atoms with van der Waals surface area (Å²) in [7, 11) is 0. The number of nitrogens with one attached hydrogen (secondary N) is 2. The van der Waals surface area contributed by atoms with Crippen LogP contribution in [0.3, 0.4) is 0 Å². The molecule has 0 aromatic heterocycles. The summed E-state index contributed by atoms with van der Waals surface area (Å²) >= 11 is -4.18. The third-order valence-electron chi connectivity index (χ3n) is 4.19. The van der Waals surface area contributed by atoms with Crippen molar-refractivity contribution in [2.45, 2.75) is 0 Å². The van der Waals surface area contributed by atoms with Crippen molar-refractivity contribution in [2.75, 3.05) is 8.47 Å². The third kappa shape index (κ3) is 1.67. The molecule has 2 heterocycles. The maximum atomic E-state index is 6.55. The van der Waals surface area contributed by atoms with Crippen LogP contribution in [0, 0.1) is 0 Å².